The van der Waals surface area contributed by atoms with Gasteiger partial charge >= 0.3 is 0 Å². The van der Waals surface area contributed by atoms with Crippen molar-refractivity contribution in [1.29, 1.82) is 5.26 Å². The Labute approximate surface area is 168 Å². The maximum Gasteiger partial charge on any atom is 0.251 e. The average molecular weight is 416 g/mol. The number of carbonyl (C=O) groups excluding carboxylic acids is 1. The third kappa shape index (κ3) is 2.81. The number of nitriles is 1. The predicted molar refractivity (Wildman–Crippen MR) is 108 cm³/mol. The van der Waals surface area contributed by atoms with Crippen molar-refractivity contribution in [1.82, 2.24) is 0 Å². The number of carbonyl (C=O) groups is 1. The zero-order chi connectivity index (χ0) is 20.2. The monoisotopic (exact) mass is 415 g/mol. The van der Waals surface area contributed by atoms with E-state index in [-0.39, 0.29) is 0 Å². The Morgan fingerprint density at radius 1 is 1.21 bits per heavy atom. The number of fused-ring (bicyclic) bond motifs is 1. The van der Waals surface area contributed by atoms with Gasteiger partial charge in [-0.1, -0.05) is 18.2 Å². The Kier molecular flexibility index (Phi) is 4.28. The van der Waals surface area contributed by atoms with Crippen molar-refractivity contribution >= 4 is 32.1 Å². The van der Waals surface area contributed by atoms with Crippen molar-refractivity contribution in [2.24, 2.45) is 11.1 Å². The molecule has 0 bridgehead atoms. The molecule has 0 radical (unpaired) electrons. The molecule has 2 aromatic rings. The Balaban J connectivity index is 1.67. The zero-order valence-electron chi connectivity index (χ0n) is 15.3. The molecule has 1 fully saturated rings. The molecule has 1 atom stereocenters. The van der Waals surface area contributed by atoms with Crippen molar-refractivity contribution in [3.63, 3.8) is 0 Å². The molecule has 1 amide bonds. The lowest BCUT2D eigenvalue weighted by Gasteiger charge is -2.34. The summed E-state index contributed by atoms with van der Waals surface area (Å²) >= 11 is 1.29. The van der Waals surface area contributed by atoms with Gasteiger partial charge < -0.3 is 11.5 Å². The number of hydrogen-bond acceptors (Lipinski definition) is 6. The third-order valence-corrected chi connectivity index (χ3v) is 9.69. The van der Waals surface area contributed by atoms with Crippen LogP contribution in [0, 0.1) is 16.7 Å². The quantitative estimate of drug-likeness (QED) is 0.776. The second-order valence-electron chi connectivity index (χ2n) is 7.85. The minimum absolute atomic E-state index is 0.302. The summed E-state index contributed by atoms with van der Waals surface area (Å²) in [5.74, 6) is -0.551. The van der Waals surface area contributed by atoms with Gasteiger partial charge in [-0.05, 0) is 49.8 Å². The van der Waals surface area contributed by atoms with Crippen LogP contribution in [-0.2, 0) is 22.7 Å². The number of nitrogens with zero attached hydrogens (tertiary/aromatic N) is 1. The van der Waals surface area contributed by atoms with Crippen LogP contribution in [0.15, 0.2) is 35.2 Å². The van der Waals surface area contributed by atoms with E-state index in [1.165, 1.54) is 11.3 Å². The molecule has 6 nitrogen and oxygen atoms in total. The lowest BCUT2D eigenvalue weighted by molar-refractivity contribution is 0.1000. The molecule has 4 rings (SSSR count). The maximum atomic E-state index is 13.3. The number of thiophene rings is 1. The van der Waals surface area contributed by atoms with Crippen molar-refractivity contribution in [2.75, 3.05) is 5.73 Å². The van der Waals surface area contributed by atoms with E-state index >= 15 is 0 Å². The lowest BCUT2D eigenvalue weighted by Crippen LogP contribution is -2.36. The van der Waals surface area contributed by atoms with Crippen LogP contribution < -0.4 is 11.5 Å². The minimum Gasteiger partial charge on any atom is -0.390 e. The SMILES string of the molecule is N#CC1(CC2(S(=O)(=O)c3ccccc3)CC2)CCc2c(sc(N)c2C(N)=O)C1. The molecule has 2 aliphatic carbocycles. The van der Waals surface area contributed by atoms with Crippen molar-refractivity contribution in [2.45, 2.75) is 48.2 Å². The molecule has 8 heteroatoms. The first-order valence-electron chi connectivity index (χ1n) is 9.14. The molecule has 4 N–H and O–H groups in total. The van der Waals surface area contributed by atoms with E-state index in [1.807, 2.05) is 0 Å². The van der Waals surface area contributed by atoms with E-state index in [4.69, 9.17) is 11.5 Å². The number of rotatable bonds is 5. The molecule has 0 spiro atoms. The molecule has 2 aliphatic rings. The summed E-state index contributed by atoms with van der Waals surface area (Å²) in [6, 6.07) is 10.9. The summed E-state index contributed by atoms with van der Waals surface area (Å²) in [5, 5.41) is 10.4. The molecular formula is C20H21N3O3S2. The number of benzene rings is 1. The molecule has 1 unspecified atom stereocenters. The van der Waals surface area contributed by atoms with Gasteiger partial charge in [0.2, 0.25) is 0 Å². The van der Waals surface area contributed by atoms with Gasteiger partial charge in [-0.15, -0.1) is 11.3 Å². The maximum absolute atomic E-state index is 13.3. The van der Waals surface area contributed by atoms with Crippen LogP contribution >= 0.6 is 11.3 Å². The molecule has 1 aromatic carbocycles. The highest BCUT2D eigenvalue weighted by Crippen LogP contribution is 2.56. The van der Waals surface area contributed by atoms with Gasteiger partial charge in [-0.3, -0.25) is 4.79 Å². The smallest absolute Gasteiger partial charge is 0.251 e. The van der Waals surface area contributed by atoms with E-state index in [0.29, 0.717) is 54.0 Å². The summed E-state index contributed by atoms with van der Waals surface area (Å²) in [7, 11) is -3.52. The minimum atomic E-state index is -3.52. The highest BCUT2D eigenvalue weighted by molar-refractivity contribution is 7.93. The lowest BCUT2D eigenvalue weighted by atomic mass is 9.71. The van der Waals surface area contributed by atoms with Gasteiger partial charge in [0, 0.05) is 11.3 Å². The highest BCUT2D eigenvalue weighted by atomic mass is 32.2. The molecule has 0 aliphatic heterocycles. The normalized spacial score (nSPS) is 22.8. The van der Waals surface area contributed by atoms with E-state index in [0.717, 1.165) is 10.4 Å². The number of hydrogen-bond donors (Lipinski definition) is 2. The highest BCUT2D eigenvalue weighted by Gasteiger charge is 2.59. The van der Waals surface area contributed by atoms with E-state index < -0.39 is 25.9 Å². The number of anilines is 1. The first-order valence-corrected chi connectivity index (χ1v) is 11.4. The molecule has 1 aromatic heterocycles. The van der Waals surface area contributed by atoms with Crippen molar-refractivity contribution < 1.29 is 13.2 Å². The third-order valence-electron chi connectivity index (χ3n) is 6.05. The van der Waals surface area contributed by atoms with E-state index in [1.54, 1.807) is 30.3 Å². The fraction of sp³-hybridized carbons (Fsp3) is 0.400. The zero-order valence-corrected chi connectivity index (χ0v) is 16.9. The van der Waals surface area contributed by atoms with Gasteiger partial charge in [-0.25, -0.2) is 8.42 Å². The van der Waals surface area contributed by atoms with Crippen LogP contribution in [0.5, 0.6) is 0 Å². The summed E-state index contributed by atoms with van der Waals surface area (Å²) < 4.78 is 25.6. The molecule has 1 heterocycles. The first-order chi connectivity index (χ1) is 13.2. The predicted octanol–water partition coefficient (Wildman–Crippen LogP) is 2.82. The fourth-order valence-electron chi connectivity index (χ4n) is 4.40. The first kappa shape index (κ1) is 19.0. The van der Waals surface area contributed by atoms with Gasteiger partial charge in [0.15, 0.2) is 9.84 Å². The van der Waals surface area contributed by atoms with Crippen LogP contribution in [0.25, 0.3) is 0 Å². The van der Waals surface area contributed by atoms with Crippen LogP contribution in [0.1, 0.15) is 46.5 Å². The Hall–Kier alpha value is -2.37. The second-order valence-corrected chi connectivity index (χ2v) is 11.3. The van der Waals surface area contributed by atoms with E-state index in [9.17, 15) is 18.5 Å². The van der Waals surface area contributed by atoms with Crippen LogP contribution in [0.2, 0.25) is 0 Å². The van der Waals surface area contributed by atoms with E-state index in [2.05, 4.69) is 6.07 Å². The molecule has 1 saturated carbocycles. The standard InChI is InChI=1S/C20H21N3O3S2/c21-12-19(7-6-14-15(10-19)27-18(23)16(14)17(22)24)11-20(8-9-20)28(25,26)13-4-2-1-3-5-13/h1-5H,6-11,23H2,(H2,22,24). The Morgan fingerprint density at radius 3 is 2.46 bits per heavy atom. The molecule has 0 saturated heterocycles. The number of primary amides is 1. The van der Waals surface area contributed by atoms with Gasteiger partial charge in [-0.2, -0.15) is 5.26 Å². The van der Waals surface area contributed by atoms with Gasteiger partial charge in [0.25, 0.3) is 5.91 Å². The molecule has 146 valence electrons. The number of nitrogens with two attached hydrogens (primary N) is 2. The largest absolute Gasteiger partial charge is 0.390 e. The summed E-state index contributed by atoms with van der Waals surface area (Å²) in [4.78, 5) is 12.9. The Bertz CT molecular complexity index is 1100. The number of amides is 1. The van der Waals surface area contributed by atoms with Crippen molar-refractivity contribution in [3.05, 3.63) is 46.3 Å². The van der Waals surface area contributed by atoms with Crippen LogP contribution in [-0.4, -0.2) is 19.1 Å². The fourth-order valence-corrected chi connectivity index (χ4v) is 7.79. The van der Waals surface area contributed by atoms with Gasteiger partial charge in [0.05, 0.1) is 31.7 Å². The van der Waals surface area contributed by atoms with Gasteiger partial charge in [0.1, 0.15) is 0 Å². The second kappa shape index (κ2) is 6.33. The van der Waals surface area contributed by atoms with Crippen LogP contribution in [0.4, 0.5) is 5.00 Å². The number of nitrogen functional groups attached to an aromatic ring is 1. The van der Waals surface area contributed by atoms with Crippen LogP contribution in [0.3, 0.4) is 0 Å². The number of sulfone groups is 1. The topological polar surface area (TPSA) is 127 Å². The molecule has 28 heavy (non-hydrogen) atoms. The van der Waals surface area contributed by atoms with Crippen molar-refractivity contribution in [3.8, 4) is 6.07 Å². The summed E-state index contributed by atoms with van der Waals surface area (Å²) in [6.45, 7) is 0. The summed E-state index contributed by atoms with van der Waals surface area (Å²) in [5.41, 5.74) is 11.9. The molecular weight excluding hydrogens is 394 g/mol. The average Bonchev–Trinajstić information content (AvgIpc) is 3.37. The summed E-state index contributed by atoms with van der Waals surface area (Å²) in [6.07, 6.45) is 2.86. The Morgan fingerprint density at radius 2 is 1.89 bits per heavy atom.